The predicted octanol–water partition coefficient (Wildman–Crippen LogP) is 6.27. The summed E-state index contributed by atoms with van der Waals surface area (Å²) in [7, 11) is 0. The van der Waals surface area contributed by atoms with E-state index in [9.17, 15) is 17.6 Å². The van der Waals surface area contributed by atoms with Gasteiger partial charge in [0, 0.05) is 9.79 Å². The molecule has 0 aliphatic heterocycles. The van der Waals surface area contributed by atoms with E-state index in [1.54, 1.807) is 60.7 Å². The van der Waals surface area contributed by atoms with Crippen molar-refractivity contribution in [2.45, 2.75) is 16.0 Å². The standard InChI is InChI=1S/C15H10F4S2/c16-13(15(17,18)19)14(20-11-7-3-1-4-8-11)21-12-9-5-2-6-10-12/h1-10H. The van der Waals surface area contributed by atoms with Crippen molar-refractivity contribution in [1.82, 2.24) is 0 Å². The van der Waals surface area contributed by atoms with Gasteiger partial charge in [-0.05, 0) is 24.3 Å². The molecule has 2 aromatic rings. The first kappa shape index (κ1) is 16.0. The summed E-state index contributed by atoms with van der Waals surface area (Å²) < 4.78 is 51.2. The van der Waals surface area contributed by atoms with Crippen LogP contribution in [0.1, 0.15) is 0 Å². The fourth-order valence-electron chi connectivity index (χ4n) is 1.42. The lowest BCUT2D eigenvalue weighted by Crippen LogP contribution is -2.09. The van der Waals surface area contributed by atoms with Gasteiger partial charge >= 0.3 is 6.18 Å². The van der Waals surface area contributed by atoms with Crippen molar-refractivity contribution in [3.8, 4) is 0 Å². The molecule has 0 aliphatic carbocycles. The summed E-state index contributed by atoms with van der Waals surface area (Å²) in [5.74, 6) is -2.06. The van der Waals surface area contributed by atoms with Gasteiger partial charge in [-0.15, -0.1) is 0 Å². The maximum Gasteiger partial charge on any atom is 0.444 e. The minimum atomic E-state index is -4.99. The number of hydrogen-bond donors (Lipinski definition) is 0. The van der Waals surface area contributed by atoms with Gasteiger partial charge in [0.1, 0.15) is 0 Å². The first-order chi connectivity index (χ1) is 9.97. The molecule has 0 unspecified atom stereocenters. The summed E-state index contributed by atoms with van der Waals surface area (Å²) in [6.07, 6.45) is -4.99. The van der Waals surface area contributed by atoms with Gasteiger partial charge in [0.2, 0.25) is 5.83 Å². The zero-order valence-electron chi connectivity index (χ0n) is 10.6. The highest BCUT2D eigenvalue weighted by molar-refractivity contribution is 8.22. The highest BCUT2D eigenvalue weighted by atomic mass is 32.2. The van der Waals surface area contributed by atoms with Gasteiger partial charge in [0.15, 0.2) is 0 Å². The molecule has 0 spiro atoms. The fourth-order valence-corrected chi connectivity index (χ4v) is 3.59. The highest BCUT2D eigenvalue weighted by Gasteiger charge is 2.38. The zero-order chi connectivity index (χ0) is 15.3. The highest BCUT2D eigenvalue weighted by Crippen LogP contribution is 2.45. The largest absolute Gasteiger partial charge is 0.444 e. The summed E-state index contributed by atoms with van der Waals surface area (Å²) in [5, 5.41) is 0. The molecular formula is C15H10F4S2. The third kappa shape index (κ3) is 4.82. The molecule has 0 nitrogen and oxygen atoms in total. The molecule has 0 fully saturated rings. The van der Waals surface area contributed by atoms with Crippen molar-refractivity contribution >= 4 is 23.5 Å². The lowest BCUT2D eigenvalue weighted by molar-refractivity contribution is -0.108. The molecule has 0 atom stereocenters. The van der Waals surface area contributed by atoms with E-state index in [1.165, 1.54) is 0 Å². The molecule has 0 radical (unpaired) electrons. The van der Waals surface area contributed by atoms with Crippen LogP contribution < -0.4 is 0 Å². The molecule has 0 bridgehead atoms. The second kappa shape index (κ2) is 7.04. The second-order valence-electron chi connectivity index (χ2n) is 3.93. The van der Waals surface area contributed by atoms with Crippen LogP contribution in [0.4, 0.5) is 17.6 Å². The smallest absolute Gasteiger partial charge is 0.200 e. The van der Waals surface area contributed by atoms with Gasteiger partial charge < -0.3 is 0 Å². The lowest BCUT2D eigenvalue weighted by Gasteiger charge is -2.11. The predicted molar refractivity (Wildman–Crippen MR) is 78.8 cm³/mol. The molecule has 2 aromatic carbocycles. The normalized spacial score (nSPS) is 11.2. The molecule has 0 heterocycles. The van der Waals surface area contributed by atoms with E-state index in [0.29, 0.717) is 9.79 Å². The van der Waals surface area contributed by atoms with Crippen LogP contribution in [0.15, 0.2) is 80.5 Å². The van der Waals surface area contributed by atoms with Crippen molar-refractivity contribution in [2.24, 2.45) is 0 Å². The quantitative estimate of drug-likeness (QED) is 0.478. The molecule has 6 heteroatoms. The average Bonchev–Trinajstić information content (AvgIpc) is 2.47. The van der Waals surface area contributed by atoms with Gasteiger partial charge in [0.25, 0.3) is 0 Å². The molecule has 0 saturated carbocycles. The maximum absolute atomic E-state index is 13.7. The SMILES string of the molecule is FC(=C(Sc1ccccc1)Sc1ccccc1)C(F)(F)F. The molecule has 0 N–H and O–H groups in total. The first-order valence-corrected chi connectivity index (χ1v) is 7.53. The van der Waals surface area contributed by atoms with Gasteiger partial charge in [-0.25, -0.2) is 0 Å². The van der Waals surface area contributed by atoms with E-state index in [-0.39, 0.29) is 0 Å². The first-order valence-electron chi connectivity index (χ1n) is 5.89. The monoisotopic (exact) mass is 330 g/mol. The van der Waals surface area contributed by atoms with Gasteiger partial charge in [-0.1, -0.05) is 59.9 Å². The Bertz CT molecular complexity index is 563. The average molecular weight is 330 g/mol. The third-order valence-electron chi connectivity index (χ3n) is 2.34. The van der Waals surface area contributed by atoms with Crippen molar-refractivity contribution in [3.05, 3.63) is 70.7 Å². The third-order valence-corrected chi connectivity index (χ3v) is 4.58. The van der Waals surface area contributed by atoms with Crippen LogP contribution in [0.2, 0.25) is 0 Å². The van der Waals surface area contributed by atoms with Crippen molar-refractivity contribution in [2.75, 3.05) is 0 Å². The molecule has 0 amide bonds. The Balaban J connectivity index is 2.31. The van der Waals surface area contributed by atoms with E-state index >= 15 is 0 Å². The Morgan fingerprint density at radius 2 is 1.10 bits per heavy atom. The number of thioether (sulfide) groups is 2. The van der Waals surface area contributed by atoms with E-state index in [1.807, 2.05) is 0 Å². The Labute approximate surface area is 128 Å². The zero-order valence-corrected chi connectivity index (χ0v) is 12.2. The summed E-state index contributed by atoms with van der Waals surface area (Å²) in [4.78, 5) is 1.10. The minimum Gasteiger partial charge on any atom is -0.200 e. The fraction of sp³-hybridized carbons (Fsp3) is 0.0667. The molecule has 0 saturated heterocycles. The van der Waals surface area contributed by atoms with Crippen LogP contribution in [-0.2, 0) is 0 Å². The minimum absolute atomic E-state index is 0.417. The van der Waals surface area contributed by atoms with Gasteiger partial charge in [0.05, 0.1) is 4.24 Å². The number of alkyl halides is 3. The Morgan fingerprint density at radius 3 is 1.43 bits per heavy atom. The number of halogens is 4. The number of benzene rings is 2. The summed E-state index contributed by atoms with van der Waals surface area (Å²) in [6, 6.07) is 16.8. The van der Waals surface area contributed by atoms with E-state index in [0.717, 1.165) is 23.5 Å². The molecule has 0 aromatic heterocycles. The van der Waals surface area contributed by atoms with Crippen LogP contribution in [-0.4, -0.2) is 6.18 Å². The second-order valence-corrected chi connectivity index (χ2v) is 6.36. The van der Waals surface area contributed by atoms with Crippen LogP contribution in [0.3, 0.4) is 0 Å². The molecule has 110 valence electrons. The van der Waals surface area contributed by atoms with Crippen molar-refractivity contribution in [3.63, 3.8) is 0 Å². The van der Waals surface area contributed by atoms with Crippen LogP contribution in [0.5, 0.6) is 0 Å². The molecule has 21 heavy (non-hydrogen) atoms. The Morgan fingerprint density at radius 1 is 0.714 bits per heavy atom. The molecule has 0 aliphatic rings. The van der Waals surface area contributed by atoms with E-state index < -0.39 is 16.2 Å². The summed E-state index contributed by atoms with van der Waals surface area (Å²) >= 11 is 1.53. The maximum atomic E-state index is 13.7. The topological polar surface area (TPSA) is 0 Å². The number of rotatable bonds is 4. The number of hydrogen-bond acceptors (Lipinski definition) is 2. The van der Waals surface area contributed by atoms with Crippen LogP contribution >= 0.6 is 23.5 Å². The van der Waals surface area contributed by atoms with Crippen molar-refractivity contribution < 1.29 is 17.6 Å². The van der Waals surface area contributed by atoms with Crippen LogP contribution in [0.25, 0.3) is 0 Å². The van der Waals surface area contributed by atoms with E-state index in [4.69, 9.17) is 0 Å². The summed E-state index contributed by atoms with van der Waals surface area (Å²) in [5.41, 5.74) is 0. The summed E-state index contributed by atoms with van der Waals surface area (Å²) in [6.45, 7) is 0. The molecular weight excluding hydrogens is 320 g/mol. The Hall–Kier alpha value is -1.40. The van der Waals surface area contributed by atoms with Crippen molar-refractivity contribution in [1.29, 1.82) is 0 Å². The van der Waals surface area contributed by atoms with Gasteiger partial charge in [-0.2, -0.15) is 17.6 Å². The number of allylic oxidation sites excluding steroid dienone is 1. The lowest BCUT2D eigenvalue weighted by atomic mass is 10.4. The van der Waals surface area contributed by atoms with E-state index in [2.05, 4.69) is 0 Å². The molecule has 2 rings (SSSR count). The van der Waals surface area contributed by atoms with Gasteiger partial charge in [-0.3, -0.25) is 0 Å². The Kier molecular flexibility index (Phi) is 5.36. The van der Waals surface area contributed by atoms with Crippen LogP contribution in [0, 0.1) is 0 Å².